The first-order chi connectivity index (χ1) is 8.12. The van der Waals surface area contributed by atoms with Crippen molar-refractivity contribution in [3.8, 4) is 0 Å². The number of carboxylic acids is 1. The molecule has 92 valence electrons. The molecule has 2 fully saturated rings. The predicted molar refractivity (Wildman–Crippen MR) is 56.1 cm³/mol. The van der Waals surface area contributed by atoms with E-state index in [-0.39, 0.29) is 12.0 Å². The zero-order valence-corrected chi connectivity index (χ0v) is 9.46. The van der Waals surface area contributed by atoms with Gasteiger partial charge in [-0.2, -0.15) is 0 Å². The maximum absolute atomic E-state index is 11.9. The van der Waals surface area contributed by atoms with Gasteiger partial charge in [-0.15, -0.1) is 0 Å². The Morgan fingerprint density at radius 1 is 1.47 bits per heavy atom. The summed E-state index contributed by atoms with van der Waals surface area (Å²) in [4.78, 5) is 23.1. The maximum Gasteiger partial charge on any atom is 0.312 e. The number of hydrogen-bond donors (Lipinski definition) is 1. The Hall–Kier alpha value is -1.36. The molecule has 5 heteroatoms. The van der Waals surface area contributed by atoms with Crippen molar-refractivity contribution in [1.29, 1.82) is 0 Å². The van der Waals surface area contributed by atoms with E-state index in [0.717, 1.165) is 6.42 Å². The topological polar surface area (TPSA) is 76.1 Å². The van der Waals surface area contributed by atoms with Crippen molar-refractivity contribution in [3.63, 3.8) is 0 Å². The van der Waals surface area contributed by atoms with Crippen molar-refractivity contribution in [2.75, 3.05) is 6.61 Å². The van der Waals surface area contributed by atoms with Gasteiger partial charge in [0.15, 0.2) is 0 Å². The molecule has 5 atom stereocenters. The highest BCUT2D eigenvalue weighted by atomic mass is 16.6. The Kier molecular flexibility index (Phi) is 2.10. The third kappa shape index (κ3) is 1.23. The average Bonchev–Trinajstić information content (AvgIpc) is 2.97. The van der Waals surface area contributed by atoms with E-state index in [1.54, 1.807) is 0 Å². The first-order valence-corrected chi connectivity index (χ1v) is 5.88. The van der Waals surface area contributed by atoms with Crippen LogP contribution in [-0.4, -0.2) is 35.4 Å². The fraction of sp³-hybridized carbons (Fsp3) is 0.667. The number of carbonyl (C=O) groups is 2. The van der Waals surface area contributed by atoms with E-state index in [9.17, 15) is 14.7 Å². The van der Waals surface area contributed by atoms with Crippen molar-refractivity contribution in [2.45, 2.75) is 25.0 Å². The number of hydrogen-bond acceptors (Lipinski definition) is 4. The molecule has 0 amide bonds. The minimum atomic E-state index is -0.937. The van der Waals surface area contributed by atoms with Gasteiger partial charge in [-0.05, 0) is 6.42 Å². The van der Waals surface area contributed by atoms with Crippen LogP contribution < -0.4 is 0 Å². The molecule has 0 aromatic carbocycles. The maximum atomic E-state index is 11.9. The van der Waals surface area contributed by atoms with E-state index in [4.69, 9.17) is 9.47 Å². The Morgan fingerprint density at radius 3 is 2.76 bits per heavy atom. The van der Waals surface area contributed by atoms with E-state index in [0.29, 0.717) is 6.61 Å². The molecule has 1 saturated heterocycles. The lowest BCUT2D eigenvalue weighted by molar-refractivity contribution is -0.160. The molecule has 3 rings (SSSR count). The van der Waals surface area contributed by atoms with Gasteiger partial charge >= 0.3 is 11.9 Å². The van der Waals surface area contributed by atoms with Crippen LogP contribution in [0, 0.1) is 17.8 Å². The fourth-order valence-electron chi connectivity index (χ4n) is 3.03. The lowest BCUT2D eigenvalue weighted by atomic mass is 9.78. The standard InChI is InChI=1S/C12H14O5/c1-2-5-16-11(15)8-7(10(13)14)6-3-4-12(6)9(8)17-12/h3-4,6-9H,2,5H2,1H3,(H,13,14). The van der Waals surface area contributed by atoms with Gasteiger partial charge in [0.25, 0.3) is 0 Å². The number of epoxide rings is 1. The van der Waals surface area contributed by atoms with Crippen LogP contribution in [-0.2, 0) is 19.1 Å². The van der Waals surface area contributed by atoms with E-state index < -0.39 is 29.4 Å². The molecule has 0 radical (unpaired) electrons. The molecule has 0 aromatic heterocycles. The van der Waals surface area contributed by atoms with Gasteiger partial charge in [-0.1, -0.05) is 19.1 Å². The molecule has 2 aliphatic carbocycles. The van der Waals surface area contributed by atoms with Crippen molar-refractivity contribution in [1.82, 2.24) is 0 Å². The molecule has 17 heavy (non-hydrogen) atoms. The summed E-state index contributed by atoms with van der Waals surface area (Å²) < 4.78 is 10.5. The second-order valence-corrected chi connectivity index (χ2v) is 4.83. The number of rotatable bonds is 4. The van der Waals surface area contributed by atoms with E-state index in [1.807, 2.05) is 19.1 Å². The van der Waals surface area contributed by atoms with Crippen molar-refractivity contribution < 1.29 is 24.2 Å². The van der Waals surface area contributed by atoms with Gasteiger partial charge in [0.05, 0.1) is 12.5 Å². The molecule has 1 saturated carbocycles. The van der Waals surface area contributed by atoms with Crippen molar-refractivity contribution >= 4 is 11.9 Å². The zero-order chi connectivity index (χ0) is 12.2. The van der Waals surface area contributed by atoms with Crippen LogP contribution in [0.15, 0.2) is 12.2 Å². The Bertz CT molecular complexity index is 415. The zero-order valence-electron chi connectivity index (χ0n) is 9.46. The molecule has 3 aliphatic rings. The smallest absolute Gasteiger partial charge is 0.312 e. The number of ether oxygens (including phenoxy) is 2. The summed E-state index contributed by atoms with van der Waals surface area (Å²) in [5.41, 5.74) is -0.459. The first-order valence-electron chi connectivity index (χ1n) is 5.88. The first kappa shape index (κ1) is 10.8. The lowest BCUT2D eigenvalue weighted by Crippen LogP contribution is -2.38. The molecule has 1 N–H and O–H groups in total. The van der Waals surface area contributed by atoms with Crippen molar-refractivity contribution in [2.24, 2.45) is 17.8 Å². The summed E-state index contributed by atoms with van der Waals surface area (Å²) in [5, 5.41) is 9.22. The van der Waals surface area contributed by atoms with Gasteiger partial charge < -0.3 is 14.6 Å². The minimum absolute atomic E-state index is 0.163. The summed E-state index contributed by atoms with van der Waals surface area (Å²) in [6.07, 6.45) is 4.13. The number of carboxylic acid groups (broad SMARTS) is 1. The summed E-state index contributed by atoms with van der Waals surface area (Å²) in [6.45, 7) is 2.23. The largest absolute Gasteiger partial charge is 0.481 e. The Morgan fingerprint density at radius 2 is 2.24 bits per heavy atom. The average molecular weight is 238 g/mol. The Labute approximate surface area is 98.4 Å². The Balaban J connectivity index is 1.80. The molecular weight excluding hydrogens is 224 g/mol. The second kappa shape index (κ2) is 3.32. The van der Waals surface area contributed by atoms with Crippen molar-refractivity contribution in [3.05, 3.63) is 12.2 Å². The highest BCUT2D eigenvalue weighted by molar-refractivity contribution is 5.85. The predicted octanol–water partition coefficient (Wildman–Crippen LogP) is 0.594. The van der Waals surface area contributed by atoms with Gasteiger partial charge in [0, 0.05) is 5.92 Å². The quantitative estimate of drug-likeness (QED) is 0.441. The number of esters is 1. The normalized spacial score (nSPS) is 44.5. The van der Waals surface area contributed by atoms with E-state index in [2.05, 4.69) is 0 Å². The van der Waals surface area contributed by atoms with Gasteiger partial charge in [0.2, 0.25) is 0 Å². The summed E-state index contributed by atoms with van der Waals surface area (Å²) >= 11 is 0. The lowest BCUT2D eigenvalue weighted by Gasteiger charge is -2.28. The highest BCUT2D eigenvalue weighted by Gasteiger charge is 2.78. The van der Waals surface area contributed by atoms with Crippen LogP contribution in [0.25, 0.3) is 0 Å². The van der Waals surface area contributed by atoms with E-state index in [1.165, 1.54) is 0 Å². The molecule has 0 bridgehead atoms. The third-order valence-corrected chi connectivity index (χ3v) is 3.91. The SMILES string of the molecule is CCCOC(=O)C1C(C(=O)O)C2C=CC23OC13. The van der Waals surface area contributed by atoms with Crippen LogP contribution in [0.3, 0.4) is 0 Å². The fourth-order valence-corrected chi connectivity index (χ4v) is 3.03. The molecule has 1 heterocycles. The second-order valence-electron chi connectivity index (χ2n) is 4.83. The number of carbonyl (C=O) groups excluding carboxylic acids is 1. The van der Waals surface area contributed by atoms with E-state index >= 15 is 0 Å². The molecule has 5 unspecified atom stereocenters. The molecule has 0 aromatic rings. The number of aliphatic carboxylic acids is 1. The minimum Gasteiger partial charge on any atom is -0.481 e. The molecule has 5 nitrogen and oxygen atoms in total. The van der Waals surface area contributed by atoms with Crippen LogP contribution in [0.4, 0.5) is 0 Å². The van der Waals surface area contributed by atoms with Crippen LogP contribution in [0.2, 0.25) is 0 Å². The van der Waals surface area contributed by atoms with Crippen LogP contribution >= 0.6 is 0 Å². The monoisotopic (exact) mass is 238 g/mol. The van der Waals surface area contributed by atoms with Crippen LogP contribution in [0.1, 0.15) is 13.3 Å². The summed E-state index contributed by atoms with van der Waals surface area (Å²) in [6, 6.07) is 0. The summed E-state index contributed by atoms with van der Waals surface area (Å²) in [5.74, 6) is -2.88. The van der Waals surface area contributed by atoms with Gasteiger partial charge in [0.1, 0.15) is 17.6 Å². The van der Waals surface area contributed by atoms with Crippen LogP contribution in [0.5, 0.6) is 0 Å². The molecule has 1 spiro atoms. The molecular formula is C12H14O5. The highest BCUT2D eigenvalue weighted by Crippen LogP contribution is 2.65. The molecule has 1 aliphatic heterocycles. The van der Waals surface area contributed by atoms with Gasteiger partial charge in [-0.25, -0.2) is 0 Å². The third-order valence-electron chi connectivity index (χ3n) is 3.91. The van der Waals surface area contributed by atoms with Gasteiger partial charge in [-0.3, -0.25) is 9.59 Å². The summed E-state index contributed by atoms with van der Waals surface area (Å²) in [7, 11) is 0.